The second kappa shape index (κ2) is 6.23. The largest absolute Gasteiger partial charge is 0.506 e. The average Bonchev–Trinajstić information content (AvgIpc) is 2.28. The maximum atomic E-state index is 10.7. The van der Waals surface area contributed by atoms with Crippen LogP contribution in [0, 0.1) is 0 Å². The number of hydrogen-bond donors (Lipinski definition) is 5. The van der Waals surface area contributed by atoms with Crippen LogP contribution >= 0.6 is 0 Å². The molecule has 0 saturated heterocycles. The molecule has 0 fully saturated rings. The van der Waals surface area contributed by atoms with Crippen LogP contribution in [0.15, 0.2) is 18.2 Å². The van der Waals surface area contributed by atoms with Crippen molar-refractivity contribution in [3.05, 3.63) is 23.8 Å². The number of phenolic OH excluding ortho intramolecular Hbond substituents is 1. The Morgan fingerprint density at radius 1 is 1.44 bits per heavy atom. The van der Waals surface area contributed by atoms with Gasteiger partial charge in [0.2, 0.25) is 0 Å². The zero-order valence-electron chi connectivity index (χ0n) is 10.5. The van der Waals surface area contributed by atoms with E-state index in [9.17, 15) is 15.0 Å². The molecule has 0 aromatic heterocycles. The molecule has 0 aliphatic carbocycles. The number of phenols is 1. The second-order valence-electron chi connectivity index (χ2n) is 4.34. The van der Waals surface area contributed by atoms with Crippen LogP contribution in [0.25, 0.3) is 0 Å². The summed E-state index contributed by atoms with van der Waals surface area (Å²) in [5, 5.41) is 24.8. The molecule has 6 nitrogen and oxygen atoms in total. The van der Waals surface area contributed by atoms with Crippen LogP contribution in [0.4, 0.5) is 10.5 Å². The van der Waals surface area contributed by atoms with Gasteiger partial charge in [-0.1, -0.05) is 19.9 Å². The van der Waals surface area contributed by atoms with Gasteiger partial charge >= 0.3 is 6.03 Å². The van der Waals surface area contributed by atoms with Gasteiger partial charge in [-0.2, -0.15) is 0 Å². The van der Waals surface area contributed by atoms with Crippen molar-refractivity contribution in [3.63, 3.8) is 0 Å². The number of aliphatic hydroxyl groups excluding tert-OH is 1. The van der Waals surface area contributed by atoms with Crippen LogP contribution in [-0.4, -0.2) is 28.8 Å². The van der Waals surface area contributed by atoms with Crippen molar-refractivity contribution in [2.24, 2.45) is 5.73 Å². The van der Waals surface area contributed by atoms with E-state index in [0.717, 1.165) is 0 Å². The molecular weight excluding hydrogens is 234 g/mol. The van der Waals surface area contributed by atoms with Crippen molar-refractivity contribution in [1.29, 1.82) is 0 Å². The molecule has 0 bridgehead atoms. The molecule has 0 heterocycles. The first kappa shape index (κ1) is 14.3. The van der Waals surface area contributed by atoms with Crippen LogP contribution in [0.5, 0.6) is 5.75 Å². The zero-order chi connectivity index (χ0) is 13.7. The molecule has 1 aromatic carbocycles. The summed E-state index contributed by atoms with van der Waals surface area (Å²) in [6.45, 7) is 4.34. The van der Waals surface area contributed by atoms with Gasteiger partial charge in [0, 0.05) is 12.6 Å². The summed E-state index contributed by atoms with van der Waals surface area (Å²) in [5.41, 5.74) is 5.75. The standard InChI is InChI=1S/C12H19N3O3/c1-7(2)14-6-11(17)8-3-4-10(16)9(5-8)15-12(13)18/h3-5,7,11,14,16-17H,6H2,1-2H3,(H3,13,15,18). The smallest absolute Gasteiger partial charge is 0.316 e. The number of nitrogens with two attached hydrogens (primary N) is 1. The number of benzene rings is 1. The maximum absolute atomic E-state index is 10.7. The van der Waals surface area contributed by atoms with Gasteiger partial charge in [-0.3, -0.25) is 0 Å². The molecule has 1 atom stereocenters. The third-order valence-corrected chi connectivity index (χ3v) is 2.38. The molecule has 0 saturated carbocycles. The number of nitrogens with one attached hydrogen (secondary N) is 2. The third-order valence-electron chi connectivity index (χ3n) is 2.38. The highest BCUT2D eigenvalue weighted by Crippen LogP contribution is 2.26. The van der Waals surface area contributed by atoms with E-state index in [2.05, 4.69) is 10.6 Å². The monoisotopic (exact) mass is 253 g/mol. The van der Waals surface area contributed by atoms with Crippen LogP contribution < -0.4 is 16.4 Å². The van der Waals surface area contributed by atoms with Gasteiger partial charge in [-0.05, 0) is 17.7 Å². The number of urea groups is 1. The maximum Gasteiger partial charge on any atom is 0.316 e. The van der Waals surface area contributed by atoms with Gasteiger partial charge < -0.3 is 26.6 Å². The SMILES string of the molecule is CC(C)NCC(O)c1ccc(O)c(NC(N)=O)c1. The highest BCUT2D eigenvalue weighted by atomic mass is 16.3. The molecule has 2 amide bonds. The topological polar surface area (TPSA) is 108 Å². The Morgan fingerprint density at radius 2 is 2.11 bits per heavy atom. The molecule has 1 aromatic rings. The summed E-state index contributed by atoms with van der Waals surface area (Å²) in [6, 6.07) is 3.98. The van der Waals surface area contributed by atoms with E-state index in [1.165, 1.54) is 12.1 Å². The molecule has 0 spiro atoms. The van der Waals surface area contributed by atoms with Crippen LogP contribution in [-0.2, 0) is 0 Å². The van der Waals surface area contributed by atoms with Gasteiger partial charge in [0.25, 0.3) is 0 Å². The Labute approximate surface area is 106 Å². The van der Waals surface area contributed by atoms with Gasteiger partial charge in [0.1, 0.15) is 5.75 Å². The lowest BCUT2D eigenvalue weighted by atomic mass is 10.1. The highest BCUT2D eigenvalue weighted by Gasteiger charge is 2.11. The molecule has 100 valence electrons. The van der Waals surface area contributed by atoms with Gasteiger partial charge in [-0.25, -0.2) is 4.79 Å². The van der Waals surface area contributed by atoms with E-state index in [1.54, 1.807) is 6.07 Å². The van der Waals surface area contributed by atoms with Crippen molar-refractivity contribution < 1.29 is 15.0 Å². The average molecular weight is 253 g/mol. The van der Waals surface area contributed by atoms with E-state index in [4.69, 9.17) is 5.73 Å². The summed E-state index contributed by atoms with van der Waals surface area (Å²) in [7, 11) is 0. The molecule has 0 radical (unpaired) electrons. The minimum Gasteiger partial charge on any atom is -0.506 e. The Hall–Kier alpha value is -1.79. The number of rotatable bonds is 5. The molecular formula is C12H19N3O3. The Kier molecular flexibility index (Phi) is 4.94. The number of aromatic hydroxyl groups is 1. The minimum absolute atomic E-state index is 0.0958. The first-order valence-electron chi connectivity index (χ1n) is 5.71. The van der Waals surface area contributed by atoms with Crippen molar-refractivity contribution in [2.75, 3.05) is 11.9 Å². The number of primary amides is 1. The summed E-state index contributed by atoms with van der Waals surface area (Å²) >= 11 is 0. The summed E-state index contributed by atoms with van der Waals surface area (Å²) in [5.74, 6) is -0.0958. The van der Waals surface area contributed by atoms with Crippen molar-refractivity contribution in [3.8, 4) is 5.75 Å². The number of anilines is 1. The quantitative estimate of drug-likeness (QED) is 0.503. The number of amides is 2. The first-order valence-corrected chi connectivity index (χ1v) is 5.71. The molecule has 0 aliphatic rings. The van der Waals surface area contributed by atoms with Crippen molar-refractivity contribution in [2.45, 2.75) is 26.0 Å². The summed E-state index contributed by atoms with van der Waals surface area (Å²) in [6.07, 6.45) is -0.721. The van der Waals surface area contributed by atoms with E-state index in [-0.39, 0.29) is 17.5 Å². The van der Waals surface area contributed by atoms with Gasteiger partial charge in [-0.15, -0.1) is 0 Å². The fraction of sp³-hybridized carbons (Fsp3) is 0.417. The fourth-order valence-corrected chi connectivity index (χ4v) is 1.46. The van der Waals surface area contributed by atoms with E-state index >= 15 is 0 Å². The van der Waals surface area contributed by atoms with Crippen molar-refractivity contribution in [1.82, 2.24) is 5.32 Å². The predicted molar refractivity (Wildman–Crippen MR) is 69.4 cm³/mol. The van der Waals surface area contributed by atoms with Crippen LogP contribution in [0.3, 0.4) is 0 Å². The molecule has 1 rings (SSSR count). The lowest BCUT2D eigenvalue weighted by Gasteiger charge is -2.15. The lowest BCUT2D eigenvalue weighted by molar-refractivity contribution is 0.171. The molecule has 0 aliphatic heterocycles. The minimum atomic E-state index is -0.766. The van der Waals surface area contributed by atoms with E-state index < -0.39 is 12.1 Å². The van der Waals surface area contributed by atoms with Crippen LogP contribution in [0.1, 0.15) is 25.5 Å². The fourth-order valence-electron chi connectivity index (χ4n) is 1.46. The Morgan fingerprint density at radius 3 is 2.67 bits per heavy atom. The second-order valence-corrected chi connectivity index (χ2v) is 4.34. The summed E-state index contributed by atoms with van der Waals surface area (Å²) < 4.78 is 0. The van der Waals surface area contributed by atoms with E-state index in [0.29, 0.717) is 12.1 Å². The van der Waals surface area contributed by atoms with E-state index in [1.807, 2.05) is 13.8 Å². The molecule has 6 N–H and O–H groups in total. The summed E-state index contributed by atoms with van der Waals surface area (Å²) in [4.78, 5) is 10.7. The normalized spacial score (nSPS) is 12.4. The van der Waals surface area contributed by atoms with Crippen LogP contribution in [0.2, 0.25) is 0 Å². The molecule has 1 unspecified atom stereocenters. The van der Waals surface area contributed by atoms with Crippen molar-refractivity contribution >= 4 is 11.7 Å². The Balaban J connectivity index is 2.80. The predicted octanol–water partition coefficient (Wildman–Crippen LogP) is 0.914. The van der Waals surface area contributed by atoms with Gasteiger partial charge in [0.15, 0.2) is 0 Å². The molecule has 6 heteroatoms. The lowest BCUT2D eigenvalue weighted by Crippen LogP contribution is -2.28. The molecule has 18 heavy (non-hydrogen) atoms. The number of carbonyl (C=O) groups excluding carboxylic acids is 1. The Bertz CT molecular complexity index is 421. The number of carbonyl (C=O) groups is 1. The highest BCUT2D eigenvalue weighted by molar-refractivity contribution is 5.89. The first-order chi connectivity index (χ1) is 8.40. The number of hydrogen-bond acceptors (Lipinski definition) is 4. The zero-order valence-corrected chi connectivity index (χ0v) is 10.5. The van der Waals surface area contributed by atoms with Gasteiger partial charge in [0.05, 0.1) is 11.8 Å². The number of aliphatic hydroxyl groups is 1. The third kappa shape index (κ3) is 4.23.